The lowest BCUT2D eigenvalue weighted by Crippen LogP contribution is -2.50. The standard InChI is InChI=1S/C13H25N7O/c1-17(2)3-4-18-5-7-19(8-6-18)13(21)11-20-10-12(9-14)15-16-20/h10H,3-9,11,14H2,1-2H3. The zero-order valence-corrected chi connectivity index (χ0v) is 12.9. The van der Waals surface area contributed by atoms with Crippen molar-refractivity contribution in [3.63, 3.8) is 0 Å². The molecule has 0 aromatic carbocycles. The van der Waals surface area contributed by atoms with Crippen molar-refractivity contribution in [1.82, 2.24) is 29.7 Å². The molecule has 2 N–H and O–H groups in total. The third kappa shape index (κ3) is 4.76. The van der Waals surface area contributed by atoms with E-state index in [9.17, 15) is 4.79 Å². The third-order valence-corrected chi connectivity index (χ3v) is 3.68. The van der Waals surface area contributed by atoms with Crippen molar-refractivity contribution >= 4 is 5.91 Å². The quantitative estimate of drug-likeness (QED) is 0.683. The first-order chi connectivity index (χ1) is 10.1. The summed E-state index contributed by atoms with van der Waals surface area (Å²) in [5, 5.41) is 7.80. The number of rotatable bonds is 6. The van der Waals surface area contributed by atoms with Gasteiger partial charge in [0.2, 0.25) is 5.91 Å². The SMILES string of the molecule is CN(C)CCN1CCN(C(=O)Cn2cc(CN)nn2)CC1. The van der Waals surface area contributed by atoms with Gasteiger partial charge < -0.3 is 15.5 Å². The Kier molecular flexibility index (Phi) is 5.66. The van der Waals surface area contributed by atoms with Crippen LogP contribution in [-0.2, 0) is 17.9 Å². The highest BCUT2D eigenvalue weighted by Gasteiger charge is 2.21. The normalized spacial score (nSPS) is 16.7. The average Bonchev–Trinajstić information content (AvgIpc) is 2.93. The van der Waals surface area contributed by atoms with Crippen LogP contribution in [0.25, 0.3) is 0 Å². The molecule has 1 aliphatic rings. The second-order valence-corrected chi connectivity index (χ2v) is 5.64. The van der Waals surface area contributed by atoms with Gasteiger partial charge in [-0.25, -0.2) is 4.68 Å². The second-order valence-electron chi connectivity index (χ2n) is 5.64. The molecule has 0 atom stereocenters. The molecular weight excluding hydrogens is 270 g/mol. The summed E-state index contributed by atoms with van der Waals surface area (Å²) in [6.45, 7) is 6.13. The van der Waals surface area contributed by atoms with E-state index in [1.165, 1.54) is 0 Å². The minimum atomic E-state index is 0.0933. The fourth-order valence-corrected chi connectivity index (χ4v) is 2.31. The number of amides is 1. The molecule has 21 heavy (non-hydrogen) atoms. The average molecular weight is 295 g/mol. The number of nitrogens with zero attached hydrogens (tertiary/aromatic N) is 6. The van der Waals surface area contributed by atoms with E-state index in [0.29, 0.717) is 12.2 Å². The molecule has 1 aliphatic heterocycles. The molecule has 0 bridgehead atoms. The van der Waals surface area contributed by atoms with E-state index >= 15 is 0 Å². The molecule has 0 radical (unpaired) electrons. The highest BCUT2D eigenvalue weighted by atomic mass is 16.2. The van der Waals surface area contributed by atoms with E-state index in [1.54, 1.807) is 10.9 Å². The highest BCUT2D eigenvalue weighted by Crippen LogP contribution is 2.03. The molecule has 1 fully saturated rings. The van der Waals surface area contributed by atoms with Crippen LogP contribution in [0.1, 0.15) is 5.69 Å². The second kappa shape index (κ2) is 7.48. The van der Waals surface area contributed by atoms with E-state index in [-0.39, 0.29) is 12.5 Å². The molecule has 1 aromatic heterocycles. The van der Waals surface area contributed by atoms with Crippen LogP contribution in [0.15, 0.2) is 6.20 Å². The number of piperazine rings is 1. The van der Waals surface area contributed by atoms with Crippen molar-refractivity contribution in [2.45, 2.75) is 13.1 Å². The van der Waals surface area contributed by atoms with Crippen molar-refractivity contribution in [2.24, 2.45) is 5.73 Å². The first kappa shape index (κ1) is 15.9. The minimum Gasteiger partial charge on any atom is -0.339 e. The molecule has 0 unspecified atom stereocenters. The van der Waals surface area contributed by atoms with Crippen LogP contribution in [0.5, 0.6) is 0 Å². The van der Waals surface area contributed by atoms with Gasteiger partial charge in [-0.2, -0.15) is 0 Å². The predicted molar refractivity (Wildman–Crippen MR) is 79.5 cm³/mol. The molecule has 8 heteroatoms. The summed E-state index contributed by atoms with van der Waals surface area (Å²) in [5.41, 5.74) is 6.19. The van der Waals surface area contributed by atoms with Crippen LogP contribution in [0.2, 0.25) is 0 Å². The summed E-state index contributed by atoms with van der Waals surface area (Å²) in [6.07, 6.45) is 1.73. The molecular formula is C13H25N7O. The van der Waals surface area contributed by atoms with Gasteiger partial charge in [-0.15, -0.1) is 5.10 Å². The summed E-state index contributed by atoms with van der Waals surface area (Å²) in [7, 11) is 4.15. The number of nitrogens with two attached hydrogens (primary N) is 1. The maximum atomic E-state index is 12.2. The zero-order chi connectivity index (χ0) is 15.2. The Balaban J connectivity index is 1.75. The highest BCUT2D eigenvalue weighted by molar-refractivity contribution is 5.76. The van der Waals surface area contributed by atoms with Crippen LogP contribution < -0.4 is 5.73 Å². The minimum absolute atomic E-state index is 0.0933. The van der Waals surface area contributed by atoms with Crippen molar-refractivity contribution in [3.8, 4) is 0 Å². The van der Waals surface area contributed by atoms with Crippen molar-refractivity contribution < 1.29 is 4.79 Å². The molecule has 1 saturated heterocycles. The van der Waals surface area contributed by atoms with Gasteiger partial charge in [-0.3, -0.25) is 9.69 Å². The van der Waals surface area contributed by atoms with Crippen LogP contribution in [-0.4, -0.2) is 89.0 Å². The maximum Gasteiger partial charge on any atom is 0.244 e. The number of hydrogen-bond acceptors (Lipinski definition) is 6. The van der Waals surface area contributed by atoms with Gasteiger partial charge in [0.1, 0.15) is 6.54 Å². The Morgan fingerprint density at radius 2 is 2.05 bits per heavy atom. The van der Waals surface area contributed by atoms with E-state index in [4.69, 9.17) is 5.73 Å². The predicted octanol–water partition coefficient (Wildman–Crippen LogP) is -1.56. The Hall–Kier alpha value is -1.51. The van der Waals surface area contributed by atoms with Crippen LogP contribution >= 0.6 is 0 Å². The van der Waals surface area contributed by atoms with Gasteiger partial charge in [-0.05, 0) is 14.1 Å². The van der Waals surface area contributed by atoms with Gasteiger partial charge in [0, 0.05) is 45.8 Å². The third-order valence-electron chi connectivity index (χ3n) is 3.68. The largest absolute Gasteiger partial charge is 0.339 e. The summed E-state index contributed by atoms with van der Waals surface area (Å²) in [6, 6.07) is 0. The van der Waals surface area contributed by atoms with Crippen LogP contribution in [0.4, 0.5) is 0 Å². The lowest BCUT2D eigenvalue weighted by Gasteiger charge is -2.35. The topological polar surface area (TPSA) is 83.5 Å². The Morgan fingerprint density at radius 1 is 1.33 bits per heavy atom. The summed E-state index contributed by atoms with van der Waals surface area (Å²) < 4.78 is 1.56. The smallest absolute Gasteiger partial charge is 0.244 e. The molecule has 118 valence electrons. The summed E-state index contributed by atoms with van der Waals surface area (Å²) >= 11 is 0. The van der Waals surface area contributed by atoms with Gasteiger partial charge >= 0.3 is 0 Å². The van der Waals surface area contributed by atoms with Crippen LogP contribution in [0, 0.1) is 0 Å². The summed E-state index contributed by atoms with van der Waals surface area (Å²) in [5.74, 6) is 0.0933. The fourth-order valence-electron chi connectivity index (χ4n) is 2.31. The van der Waals surface area contributed by atoms with Gasteiger partial charge in [0.05, 0.1) is 11.9 Å². The van der Waals surface area contributed by atoms with Gasteiger partial charge in [-0.1, -0.05) is 5.21 Å². The molecule has 0 saturated carbocycles. The van der Waals surface area contributed by atoms with E-state index in [1.807, 2.05) is 4.90 Å². The van der Waals surface area contributed by atoms with E-state index in [0.717, 1.165) is 39.3 Å². The molecule has 0 spiro atoms. The van der Waals surface area contributed by atoms with Crippen LogP contribution in [0.3, 0.4) is 0 Å². The number of carbonyl (C=O) groups excluding carboxylic acids is 1. The molecule has 1 aromatic rings. The summed E-state index contributed by atoms with van der Waals surface area (Å²) in [4.78, 5) is 18.7. The monoisotopic (exact) mass is 295 g/mol. The molecule has 1 amide bonds. The van der Waals surface area contributed by atoms with Crippen molar-refractivity contribution in [2.75, 3.05) is 53.4 Å². The first-order valence-corrected chi connectivity index (χ1v) is 7.32. The lowest BCUT2D eigenvalue weighted by molar-refractivity contribution is -0.133. The van der Waals surface area contributed by atoms with Gasteiger partial charge in [0.15, 0.2) is 0 Å². The molecule has 2 heterocycles. The number of aromatic nitrogens is 3. The number of carbonyl (C=O) groups is 1. The fraction of sp³-hybridized carbons (Fsp3) is 0.769. The molecule has 8 nitrogen and oxygen atoms in total. The van der Waals surface area contributed by atoms with Crippen molar-refractivity contribution in [1.29, 1.82) is 0 Å². The Morgan fingerprint density at radius 3 is 2.62 bits per heavy atom. The molecule has 2 rings (SSSR count). The van der Waals surface area contributed by atoms with E-state index < -0.39 is 0 Å². The number of hydrogen-bond donors (Lipinski definition) is 1. The Labute approximate surface area is 125 Å². The zero-order valence-electron chi connectivity index (χ0n) is 12.9. The molecule has 0 aliphatic carbocycles. The van der Waals surface area contributed by atoms with Gasteiger partial charge in [0.25, 0.3) is 0 Å². The maximum absolute atomic E-state index is 12.2. The Bertz CT molecular complexity index is 451. The van der Waals surface area contributed by atoms with Crippen molar-refractivity contribution in [3.05, 3.63) is 11.9 Å². The number of likely N-dealkylation sites (N-methyl/N-ethyl adjacent to an activating group) is 1. The lowest BCUT2D eigenvalue weighted by atomic mass is 10.3. The van der Waals surface area contributed by atoms with E-state index in [2.05, 4.69) is 34.2 Å². The first-order valence-electron chi connectivity index (χ1n) is 7.32.